The van der Waals surface area contributed by atoms with Gasteiger partial charge in [0.25, 0.3) is 0 Å². The molecule has 0 aromatic rings. The molecule has 0 spiro atoms. The van der Waals surface area contributed by atoms with Gasteiger partial charge in [0.1, 0.15) is 0 Å². The molecule has 0 radical (unpaired) electrons. The summed E-state index contributed by atoms with van der Waals surface area (Å²) in [7, 11) is -0.669. The number of hydrogen-bond acceptors (Lipinski definition) is 2. The van der Waals surface area contributed by atoms with E-state index < -0.39 is 10.8 Å². The van der Waals surface area contributed by atoms with E-state index in [2.05, 4.69) is 23.6 Å². The predicted octanol–water partition coefficient (Wildman–Crippen LogP) is 4.13. The van der Waals surface area contributed by atoms with E-state index in [1.807, 2.05) is 6.92 Å². The molecule has 4 nitrogen and oxygen atoms in total. The normalized spacial score (nSPS) is 25.5. The number of hydrogen-bond donors (Lipinski definition) is 2. The molecule has 1 fully saturated rings. The third-order valence-corrected chi connectivity index (χ3v) is 6.80. The van der Waals surface area contributed by atoms with Crippen LogP contribution in [0.5, 0.6) is 0 Å². The van der Waals surface area contributed by atoms with Crippen LogP contribution in [0.25, 0.3) is 0 Å². The zero-order chi connectivity index (χ0) is 17.2. The van der Waals surface area contributed by atoms with Gasteiger partial charge >= 0.3 is 0 Å². The highest BCUT2D eigenvalue weighted by Crippen LogP contribution is 2.23. The van der Waals surface area contributed by atoms with Gasteiger partial charge in [-0.25, -0.2) is 0 Å². The van der Waals surface area contributed by atoms with Gasteiger partial charge in [-0.3, -0.25) is 9.20 Å². The zero-order valence-corrected chi connectivity index (χ0v) is 19.0. The lowest BCUT2D eigenvalue weighted by Gasteiger charge is -2.30. The van der Waals surface area contributed by atoms with Crippen LogP contribution in [0.15, 0.2) is 16.6 Å². The zero-order valence-electron chi connectivity index (χ0n) is 15.9. The Morgan fingerprint density at radius 3 is 2.80 bits per heavy atom. The standard InChI is InChI=1S/C19H35N3OS.HI/c1-3-20-19(21-14-13-16-9-6-5-7-10-16)22-17-11-8-12-18(15-17)24(23)4-2;/h9,17-18H,3-8,10-15H2,1-2H3,(H2,20,21,22);1H. The van der Waals surface area contributed by atoms with E-state index in [0.29, 0.717) is 11.3 Å². The molecule has 1 saturated carbocycles. The van der Waals surface area contributed by atoms with Gasteiger partial charge in [-0.1, -0.05) is 25.0 Å². The van der Waals surface area contributed by atoms with E-state index in [1.165, 1.54) is 32.1 Å². The average molecular weight is 481 g/mol. The van der Waals surface area contributed by atoms with Gasteiger partial charge in [0, 0.05) is 40.9 Å². The summed E-state index contributed by atoms with van der Waals surface area (Å²) in [6.07, 6.45) is 13.1. The monoisotopic (exact) mass is 481 g/mol. The maximum Gasteiger partial charge on any atom is 0.191 e. The highest BCUT2D eigenvalue weighted by atomic mass is 127. The number of rotatable bonds is 7. The second kappa shape index (κ2) is 13.1. The lowest BCUT2D eigenvalue weighted by Crippen LogP contribution is -2.46. The highest BCUT2D eigenvalue weighted by molar-refractivity contribution is 14.0. The Bertz CT molecular complexity index is 468. The fraction of sp³-hybridized carbons (Fsp3) is 0.842. The molecule has 2 N–H and O–H groups in total. The first kappa shape index (κ1) is 22.9. The molecule has 3 atom stereocenters. The molecule has 6 heteroatoms. The van der Waals surface area contributed by atoms with E-state index in [4.69, 9.17) is 4.99 Å². The van der Waals surface area contributed by atoms with Crippen molar-refractivity contribution >= 4 is 40.7 Å². The molecule has 0 aliphatic heterocycles. The van der Waals surface area contributed by atoms with Crippen molar-refractivity contribution in [2.75, 3.05) is 18.8 Å². The number of nitrogens with one attached hydrogen (secondary N) is 2. The molecule has 0 heterocycles. The van der Waals surface area contributed by atoms with Gasteiger partial charge in [0.05, 0.1) is 0 Å². The quantitative estimate of drug-likeness (QED) is 0.249. The SMILES string of the molecule is CCNC(=NCCC1=CCCCC1)NC1CCCC(S(=O)CC)C1.I. The number of nitrogens with zero attached hydrogens (tertiary/aromatic N) is 1. The maximum absolute atomic E-state index is 12.1. The Morgan fingerprint density at radius 1 is 1.28 bits per heavy atom. The molecule has 2 rings (SSSR count). The molecule has 0 aromatic carbocycles. The lowest BCUT2D eigenvalue weighted by molar-refractivity contribution is 0.413. The van der Waals surface area contributed by atoms with E-state index in [0.717, 1.165) is 50.5 Å². The van der Waals surface area contributed by atoms with Crippen LogP contribution in [0.1, 0.15) is 71.6 Å². The first-order valence-electron chi connectivity index (χ1n) is 9.82. The highest BCUT2D eigenvalue weighted by Gasteiger charge is 2.25. The number of guanidine groups is 1. The topological polar surface area (TPSA) is 53.5 Å². The first-order chi connectivity index (χ1) is 11.7. The van der Waals surface area contributed by atoms with E-state index in [-0.39, 0.29) is 24.0 Å². The summed E-state index contributed by atoms with van der Waals surface area (Å²) in [5.74, 6) is 1.71. The largest absolute Gasteiger partial charge is 0.357 e. The minimum atomic E-state index is -0.669. The van der Waals surface area contributed by atoms with Crippen molar-refractivity contribution < 1.29 is 4.21 Å². The van der Waals surface area contributed by atoms with Crippen LogP contribution >= 0.6 is 24.0 Å². The second-order valence-corrected chi connectivity index (χ2v) is 8.92. The smallest absolute Gasteiger partial charge is 0.191 e. The van der Waals surface area contributed by atoms with Gasteiger partial charge in [-0.15, -0.1) is 24.0 Å². The fourth-order valence-corrected chi connectivity index (χ4v) is 5.05. The molecule has 0 amide bonds. The van der Waals surface area contributed by atoms with Gasteiger partial charge in [-0.2, -0.15) is 0 Å². The molecule has 2 aliphatic carbocycles. The molecular formula is C19H36IN3OS. The Morgan fingerprint density at radius 2 is 2.12 bits per heavy atom. The van der Waals surface area contributed by atoms with E-state index in [9.17, 15) is 4.21 Å². The summed E-state index contributed by atoms with van der Waals surface area (Å²) < 4.78 is 12.1. The third-order valence-electron chi connectivity index (χ3n) is 5.06. The summed E-state index contributed by atoms with van der Waals surface area (Å²) in [4.78, 5) is 4.77. The lowest BCUT2D eigenvalue weighted by atomic mass is 9.95. The number of allylic oxidation sites excluding steroid dienone is 1. The Labute approximate surface area is 173 Å². The van der Waals surface area contributed by atoms with Gasteiger partial charge in [0.2, 0.25) is 0 Å². The summed E-state index contributed by atoms with van der Waals surface area (Å²) in [6, 6.07) is 0.408. The fourth-order valence-electron chi connectivity index (χ4n) is 3.71. The minimum absolute atomic E-state index is 0. The van der Waals surface area contributed by atoms with Crippen molar-refractivity contribution in [3.05, 3.63) is 11.6 Å². The van der Waals surface area contributed by atoms with Gasteiger partial charge in [0.15, 0.2) is 5.96 Å². The molecule has 0 aromatic heterocycles. The van der Waals surface area contributed by atoms with Crippen LogP contribution in [0.3, 0.4) is 0 Å². The Balaban J connectivity index is 0.00000312. The van der Waals surface area contributed by atoms with Crippen LogP contribution in [0, 0.1) is 0 Å². The molecule has 0 saturated heterocycles. The van der Waals surface area contributed by atoms with Crippen molar-refractivity contribution in [2.24, 2.45) is 4.99 Å². The van der Waals surface area contributed by atoms with Gasteiger partial charge in [-0.05, 0) is 58.3 Å². The van der Waals surface area contributed by atoms with Crippen LogP contribution in [0.2, 0.25) is 0 Å². The molecule has 146 valence electrons. The van der Waals surface area contributed by atoms with E-state index in [1.54, 1.807) is 5.57 Å². The summed E-state index contributed by atoms with van der Waals surface area (Å²) in [6.45, 7) is 5.87. The summed E-state index contributed by atoms with van der Waals surface area (Å²) >= 11 is 0. The average Bonchev–Trinajstić information content (AvgIpc) is 2.62. The van der Waals surface area contributed by atoms with Crippen molar-refractivity contribution in [1.82, 2.24) is 10.6 Å². The predicted molar refractivity (Wildman–Crippen MR) is 120 cm³/mol. The van der Waals surface area contributed by atoms with Gasteiger partial charge < -0.3 is 10.6 Å². The molecule has 2 aliphatic rings. The molecule has 3 unspecified atom stereocenters. The maximum atomic E-state index is 12.1. The third kappa shape index (κ3) is 8.41. The number of aliphatic imine (C=N–C) groups is 1. The van der Waals surface area contributed by atoms with Crippen LogP contribution < -0.4 is 10.6 Å². The summed E-state index contributed by atoms with van der Waals surface area (Å²) in [5.41, 5.74) is 1.58. The molecular weight excluding hydrogens is 445 g/mol. The van der Waals surface area contributed by atoms with Crippen molar-refractivity contribution in [3.8, 4) is 0 Å². The van der Waals surface area contributed by atoms with Crippen LogP contribution in [-0.2, 0) is 10.8 Å². The minimum Gasteiger partial charge on any atom is -0.357 e. The number of halogens is 1. The van der Waals surface area contributed by atoms with E-state index >= 15 is 0 Å². The second-order valence-electron chi connectivity index (χ2n) is 6.92. The Hall–Kier alpha value is -0.110. The van der Waals surface area contributed by atoms with Crippen LogP contribution in [0.4, 0.5) is 0 Å². The van der Waals surface area contributed by atoms with Crippen LogP contribution in [-0.4, -0.2) is 40.3 Å². The Kier molecular flexibility index (Phi) is 12.0. The molecule has 0 bridgehead atoms. The van der Waals surface area contributed by atoms with Crippen molar-refractivity contribution in [2.45, 2.75) is 82.9 Å². The van der Waals surface area contributed by atoms with Crippen molar-refractivity contribution in [1.29, 1.82) is 0 Å². The first-order valence-corrected chi connectivity index (χ1v) is 11.2. The summed E-state index contributed by atoms with van der Waals surface area (Å²) in [5, 5.41) is 7.32. The van der Waals surface area contributed by atoms with Crippen molar-refractivity contribution in [3.63, 3.8) is 0 Å². The molecule has 25 heavy (non-hydrogen) atoms.